The van der Waals surface area contributed by atoms with E-state index in [0.717, 1.165) is 11.2 Å². The van der Waals surface area contributed by atoms with Gasteiger partial charge in [-0.15, -0.1) is 0 Å². The Hall–Kier alpha value is -0.470. The lowest BCUT2D eigenvalue weighted by Gasteiger charge is -2.27. The maximum atomic E-state index is 3.45. The second-order valence-electron chi connectivity index (χ2n) is 5.25. The molecule has 0 amide bonds. The maximum absolute atomic E-state index is 3.45. The predicted octanol–water partition coefficient (Wildman–Crippen LogP) is 3.74. The number of piperidine rings is 1. The Kier molecular flexibility index (Phi) is 6.09. The van der Waals surface area contributed by atoms with Crippen LogP contribution >= 0.6 is 11.8 Å². The highest BCUT2D eigenvalue weighted by atomic mass is 32.2. The molecule has 1 atom stereocenters. The average molecular weight is 263 g/mol. The minimum Gasteiger partial charge on any atom is -0.317 e. The Balaban J connectivity index is 1.60. The van der Waals surface area contributed by atoms with Gasteiger partial charge in [0.2, 0.25) is 0 Å². The van der Waals surface area contributed by atoms with Crippen molar-refractivity contribution in [3.8, 4) is 0 Å². The SMILES string of the molecule is CC(SCCCc1ccccc1)C1CCNCC1. The number of nitrogens with one attached hydrogen (secondary N) is 1. The molecule has 100 valence electrons. The Morgan fingerprint density at radius 2 is 1.94 bits per heavy atom. The van der Waals surface area contributed by atoms with Crippen LogP contribution in [0.4, 0.5) is 0 Å². The first-order valence-corrected chi connectivity index (χ1v) is 8.27. The molecule has 0 saturated carbocycles. The number of benzene rings is 1. The molecule has 0 aromatic heterocycles. The van der Waals surface area contributed by atoms with Crippen LogP contribution in [0.1, 0.15) is 31.7 Å². The molecule has 2 heteroatoms. The third-order valence-corrected chi connectivity index (χ3v) is 5.32. The van der Waals surface area contributed by atoms with Gasteiger partial charge in [0.15, 0.2) is 0 Å². The lowest BCUT2D eigenvalue weighted by molar-refractivity contribution is 0.373. The largest absolute Gasteiger partial charge is 0.317 e. The molecule has 1 aromatic rings. The van der Waals surface area contributed by atoms with Crippen molar-refractivity contribution in [3.05, 3.63) is 35.9 Å². The number of hydrogen-bond acceptors (Lipinski definition) is 2. The van der Waals surface area contributed by atoms with Crippen molar-refractivity contribution in [1.82, 2.24) is 5.32 Å². The highest BCUT2D eigenvalue weighted by molar-refractivity contribution is 7.99. The molecule has 0 radical (unpaired) electrons. The van der Waals surface area contributed by atoms with Crippen LogP contribution in [0.15, 0.2) is 30.3 Å². The van der Waals surface area contributed by atoms with Crippen molar-refractivity contribution in [2.24, 2.45) is 5.92 Å². The zero-order valence-corrected chi connectivity index (χ0v) is 12.2. The molecule has 1 aliphatic heterocycles. The summed E-state index contributed by atoms with van der Waals surface area (Å²) >= 11 is 2.17. The first-order valence-electron chi connectivity index (χ1n) is 7.22. The molecular formula is C16H25NS. The van der Waals surface area contributed by atoms with Crippen LogP contribution in [0, 0.1) is 5.92 Å². The number of aryl methyl sites for hydroxylation is 1. The van der Waals surface area contributed by atoms with Crippen molar-refractivity contribution < 1.29 is 0 Å². The second kappa shape index (κ2) is 7.85. The smallest absolute Gasteiger partial charge is 0.00479 e. The van der Waals surface area contributed by atoms with Gasteiger partial charge in [-0.3, -0.25) is 0 Å². The predicted molar refractivity (Wildman–Crippen MR) is 82.3 cm³/mol. The van der Waals surface area contributed by atoms with E-state index in [4.69, 9.17) is 0 Å². The van der Waals surface area contributed by atoms with E-state index in [1.165, 1.54) is 50.1 Å². The summed E-state index contributed by atoms with van der Waals surface area (Å²) in [7, 11) is 0. The van der Waals surface area contributed by atoms with E-state index >= 15 is 0 Å². The van der Waals surface area contributed by atoms with Gasteiger partial charge in [-0.05, 0) is 56.0 Å². The molecule has 1 unspecified atom stereocenters. The molecule has 0 bridgehead atoms. The van der Waals surface area contributed by atoms with E-state index in [1.54, 1.807) is 0 Å². The Morgan fingerprint density at radius 3 is 2.67 bits per heavy atom. The van der Waals surface area contributed by atoms with Gasteiger partial charge in [0.25, 0.3) is 0 Å². The number of thioether (sulfide) groups is 1. The van der Waals surface area contributed by atoms with Gasteiger partial charge < -0.3 is 5.32 Å². The maximum Gasteiger partial charge on any atom is 0.00479 e. The fourth-order valence-electron chi connectivity index (χ4n) is 2.64. The molecule has 18 heavy (non-hydrogen) atoms. The summed E-state index contributed by atoms with van der Waals surface area (Å²) in [5, 5.41) is 4.29. The minimum absolute atomic E-state index is 0.836. The van der Waals surface area contributed by atoms with Gasteiger partial charge in [0, 0.05) is 5.25 Å². The summed E-state index contributed by atoms with van der Waals surface area (Å²) in [6, 6.07) is 10.8. The van der Waals surface area contributed by atoms with Crippen molar-refractivity contribution >= 4 is 11.8 Å². The summed E-state index contributed by atoms with van der Waals surface area (Å²) < 4.78 is 0. The van der Waals surface area contributed by atoms with Crippen LogP contribution in [-0.2, 0) is 6.42 Å². The van der Waals surface area contributed by atoms with Crippen LogP contribution in [0.25, 0.3) is 0 Å². The summed E-state index contributed by atoms with van der Waals surface area (Å²) in [6.45, 7) is 4.86. The van der Waals surface area contributed by atoms with Crippen molar-refractivity contribution in [3.63, 3.8) is 0 Å². The molecule has 1 fully saturated rings. The summed E-state index contributed by atoms with van der Waals surface area (Å²) in [5.74, 6) is 2.24. The third kappa shape index (κ3) is 4.66. The van der Waals surface area contributed by atoms with Crippen LogP contribution in [0.3, 0.4) is 0 Å². The van der Waals surface area contributed by atoms with Gasteiger partial charge in [0.05, 0.1) is 0 Å². The first-order chi connectivity index (χ1) is 8.86. The van der Waals surface area contributed by atoms with Crippen LogP contribution in [0.2, 0.25) is 0 Å². The Bertz CT molecular complexity index is 319. The van der Waals surface area contributed by atoms with Gasteiger partial charge in [-0.2, -0.15) is 11.8 Å². The van der Waals surface area contributed by atoms with Crippen molar-refractivity contribution in [1.29, 1.82) is 0 Å². The van der Waals surface area contributed by atoms with Crippen molar-refractivity contribution in [2.45, 2.75) is 37.9 Å². The van der Waals surface area contributed by atoms with Gasteiger partial charge >= 0.3 is 0 Å². The second-order valence-corrected chi connectivity index (χ2v) is 6.74. The van der Waals surface area contributed by atoms with Crippen LogP contribution in [0.5, 0.6) is 0 Å². The minimum atomic E-state index is 0.836. The van der Waals surface area contributed by atoms with E-state index < -0.39 is 0 Å². The Morgan fingerprint density at radius 1 is 1.22 bits per heavy atom. The zero-order chi connectivity index (χ0) is 12.6. The standard InChI is InChI=1S/C16H25NS/c1-14(16-9-11-17-12-10-16)18-13-5-8-15-6-3-2-4-7-15/h2-4,6-7,14,16-17H,5,8-13H2,1H3. The number of hydrogen-bond donors (Lipinski definition) is 1. The highest BCUT2D eigenvalue weighted by Gasteiger charge is 2.19. The molecule has 1 N–H and O–H groups in total. The average Bonchev–Trinajstić information content (AvgIpc) is 2.45. The van der Waals surface area contributed by atoms with E-state index in [-0.39, 0.29) is 0 Å². The molecule has 1 nitrogen and oxygen atoms in total. The number of rotatable bonds is 6. The fourth-order valence-corrected chi connectivity index (χ4v) is 3.87. The van der Waals surface area contributed by atoms with E-state index in [1.807, 2.05) is 0 Å². The molecule has 0 aliphatic carbocycles. The highest BCUT2D eigenvalue weighted by Crippen LogP contribution is 2.26. The summed E-state index contributed by atoms with van der Waals surface area (Å²) in [6.07, 6.45) is 5.27. The third-order valence-electron chi connectivity index (χ3n) is 3.88. The molecular weight excluding hydrogens is 238 g/mol. The molecule has 1 saturated heterocycles. The lowest BCUT2D eigenvalue weighted by atomic mass is 9.95. The van der Waals surface area contributed by atoms with Crippen molar-refractivity contribution in [2.75, 3.05) is 18.8 Å². The normalized spacial score (nSPS) is 18.7. The molecule has 1 aliphatic rings. The van der Waals surface area contributed by atoms with Crippen LogP contribution in [-0.4, -0.2) is 24.1 Å². The van der Waals surface area contributed by atoms with Gasteiger partial charge in [-0.25, -0.2) is 0 Å². The first kappa shape index (κ1) is 14.0. The van der Waals surface area contributed by atoms with E-state index in [9.17, 15) is 0 Å². The lowest BCUT2D eigenvalue weighted by Crippen LogP contribution is -2.31. The quantitative estimate of drug-likeness (QED) is 0.785. The van der Waals surface area contributed by atoms with E-state index in [2.05, 4.69) is 54.3 Å². The summed E-state index contributed by atoms with van der Waals surface area (Å²) in [5.41, 5.74) is 1.48. The Labute approximate surface area is 116 Å². The molecule has 0 spiro atoms. The van der Waals surface area contributed by atoms with Crippen LogP contribution < -0.4 is 5.32 Å². The topological polar surface area (TPSA) is 12.0 Å². The summed E-state index contributed by atoms with van der Waals surface area (Å²) in [4.78, 5) is 0. The zero-order valence-electron chi connectivity index (χ0n) is 11.4. The molecule has 1 aromatic carbocycles. The molecule has 2 rings (SSSR count). The monoisotopic (exact) mass is 263 g/mol. The van der Waals surface area contributed by atoms with Gasteiger partial charge in [-0.1, -0.05) is 37.3 Å². The van der Waals surface area contributed by atoms with E-state index in [0.29, 0.717) is 0 Å². The van der Waals surface area contributed by atoms with Gasteiger partial charge in [0.1, 0.15) is 0 Å². The molecule has 1 heterocycles. The fraction of sp³-hybridized carbons (Fsp3) is 0.625.